The van der Waals surface area contributed by atoms with E-state index in [9.17, 15) is 5.11 Å². The Balaban J connectivity index is 1.60. The van der Waals surface area contributed by atoms with E-state index in [1.807, 2.05) is 0 Å². The maximum absolute atomic E-state index is 10.0. The Morgan fingerprint density at radius 3 is 2.94 bits per heavy atom. The second-order valence-corrected chi connectivity index (χ2v) is 4.93. The summed E-state index contributed by atoms with van der Waals surface area (Å²) in [5.41, 5.74) is 0.809. The zero-order valence-electron chi connectivity index (χ0n) is 9.63. The molecule has 2 aliphatic rings. The van der Waals surface area contributed by atoms with Gasteiger partial charge in [0.05, 0.1) is 12.3 Å². The van der Waals surface area contributed by atoms with E-state index in [-0.39, 0.29) is 11.5 Å². The van der Waals surface area contributed by atoms with E-state index in [0.717, 1.165) is 38.2 Å². The van der Waals surface area contributed by atoms with Crippen molar-refractivity contribution < 1.29 is 14.5 Å². The van der Waals surface area contributed by atoms with E-state index in [4.69, 9.17) is 4.74 Å². The fourth-order valence-electron chi connectivity index (χ4n) is 2.97. The van der Waals surface area contributed by atoms with E-state index >= 15 is 0 Å². The molecular formula is C11H17N3O3. The lowest BCUT2D eigenvalue weighted by Crippen LogP contribution is -2.64. The molecule has 1 aliphatic carbocycles. The van der Waals surface area contributed by atoms with Crippen molar-refractivity contribution in [3.8, 4) is 0 Å². The first kappa shape index (κ1) is 11.1. The van der Waals surface area contributed by atoms with Crippen molar-refractivity contribution in [2.24, 2.45) is 5.41 Å². The lowest BCUT2D eigenvalue weighted by molar-refractivity contribution is -0.149. The molecule has 0 bridgehead atoms. The summed E-state index contributed by atoms with van der Waals surface area (Å²) in [6, 6.07) is 0.345. The van der Waals surface area contributed by atoms with Gasteiger partial charge in [0, 0.05) is 31.2 Å². The molecule has 6 heteroatoms. The second kappa shape index (κ2) is 4.36. The van der Waals surface area contributed by atoms with Crippen LogP contribution in [-0.4, -0.2) is 40.8 Å². The number of nitrogens with zero attached hydrogens (tertiary/aromatic N) is 2. The van der Waals surface area contributed by atoms with Crippen LogP contribution in [0, 0.1) is 5.41 Å². The van der Waals surface area contributed by atoms with Crippen LogP contribution in [-0.2, 0) is 11.3 Å². The van der Waals surface area contributed by atoms with E-state index in [2.05, 4.69) is 20.3 Å². The van der Waals surface area contributed by atoms with Crippen LogP contribution >= 0.6 is 0 Å². The van der Waals surface area contributed by atoms with Gasteiger partial charge in [0.25, 0.3) is 0 Å². The van der Waals surface area contributed by atoms with Crippen molar-refractivity contribution in [1.82, 2.24) is 15.6 Å². The molecule has 1 spiro atoms. The number of nitrogens with one attached hydrogen (secondary N) is 1. The number of hydrogen-bond acceptors (Lipinski definition) is 6. The van der Waals surface area contributed by atoms with Gasteiger partial charge in [0.2, 0.25) is 0 Å². The highest BCUT2D eigenvalue weighted by Crippen LogP contribution is 2.48. The molecule has 0 aromatic carbocycles. The summed E-state index contributed by atoms with van der Waals surface area (Å²) in [5, 5.41) is 20.8. The van der Waals surface area contributed by atoms with Crippen LogP contribution in [0.4, 0.5) is 0 Å². The molecule has 0 amide bonds. The van der Waals surface area contributed by atoms with Gasteiger partial charge in [0.15, 0.2) is 0 Å². The second-order valence-electron chi connectivity index (χ2n) is 4.93. The van der Waals surface area contributed by atoms with Crippen LogP contribution in [0.3, 0.4) is 0 Å². The molecule has 1 aromatic rings. The van der Waals surface area contributed by atoms with Crippen LogP contribution < -0.4 is 5.32 Å². The van der Waals surface area contributed by atoms with Gasteiger partial charge in [-0.3, -0.25) is 0 Å². The summed E-state index contributed by atoms with van der Waals surface area (Å²) in [6.45, 7) is 2.14. The molecule has 6 nitrogen and oxygen atoms in total. The fraction of sp³-hybridized carbons (Fsp3) is 0.818. The zero-order chi connectivity index (χ0) is 11.7. The number of aliphatic hydroxyl groups excluding tert-OH is 1. The van der Waals surface area contributed by atoms with Gasteiger partial charge in [-0.15, -0.1) is 0 Å². The topological polar surface area (TPSA) is 80.4 Å². The molecule has 0 radical (unpaired) electrons. The Kier molecular flexibility index (Phi) is 2.85. The largest absolute Gasteiger partial charge is 0.392 e. The lowest BCUT2D eigenvalue weighted by Gasteiger charge is -2.55. The highest BCUT2D eigenvalue weighted by atomic mass is 16.6. The van der Waals surface area contributed by atoms with Gasteiger partial charge in [-0.1, -0.05) is 10.3 Å². The van der Waals surface area contributed by atoms with Crippen LogP contribution in [0.25, 0.3) is 0 Å². The average molecular weight is 239 g/mol. The first-order chi connectivity index (χ1) is 8.31. The van der Waals surface area contributed by atoms with Crippen LogP contribution in [0.15, 0.2) is 10.8 Å². The van der Waals surface area contributed by atoms with Gasteiger partial charge < -0.3 is 15.2 Å². The quantitative estimate of drug-likeness (QED) is 0.778. The van der Waals surface area contributed by atoms with Gasteiger partial charge >= 0.3 is 0 Å². The van der Waals surface area contributed by atoms with Crippen molar-refractivity contribution in [2.75, 3.05) is 13.2 Å². The standard InChI is InChI=1S/C11H17N3O3/c15-10-5-9(11(10)1-3-16-4-2-11)12-6-8-7-13-17-14-8/h7,9-10,12,15H,1-6H2/t9-,10-/m1/s1. The Hall–Kier alpha value is -0.980. The summed E-state index contributed by atoms with van der Waals surface area (Å²) < 4.78 is 9.92. The molecular weight excluding hydrogens is 222 g/mol. The number of hydrogen-bond donors (Lipinski definition) is 2. The first-order valence-electron chi connectivity index (χ1n) is 6.07. The van der Waals surface area contributed by atoms with Crippen LogP contribution in [0.1, 0.15) is 25.0 Å². The summed E-state index contributed by atoms with van der Waals surface area (Å²) in [5.74, 6) is 0. The Morgan fingerprint density at radius 1 is 1.47 bits per heavy atom. The van der Waals surface area contributed by atoms with E-state index < -0.39 is 0 Å². The molecule has 17 heavy (non-hydrogen) atoms. The molecule has 1 aromatic heterocycles. The first-order valence-corrected chi connectivity index (χ1v) is 6.07. The monoisotopic (exact) mass is 239 g/mol. The molecule has 2 atom stereocenters. The summed E-state index contributed by atoms with van der Waals surface area (Å²) in [7, 11) is 0. The van der Waals surface area contributed by atoms with Crippen molar-refractivity contribution in [2.45, 2.75) is 38.0 Å². The third-order valence-corrected chi connectivity index (χ3v) is 4.18. The Bertz CT molecular complexity index is 362. The summed E-state index contributed by atoms with van der Waals surface area (Å²) in [4.78, 5) is 0. The van der Waals surface area contributed by atoms with Crippen molar-refractivity contribution in [3.05, 3.63) is 11.9 Å². The summed E-state index contributed by atoms with van der Waals surface area (Å²) in [6.07, 6.45) is 4.09. The molecule has 1 saturated heterocycles. The van der Waals surface area contributed by atoms with Gasteiger partial charge in [0.1, 0.15) is 5.69 Å². The SMILES string of the molecule is O[C@@H]1C[C@@H](NCc2cnon2)C12CCOCC2. The molecule has 1 aliphatic heterocycles. The third kappa shape index (κ3) is 1.86. The Morgan fingerprint density at radius 2 is 2.29 bits per heavy atom. The molecule has 3 rings (SSSR count). The van der Waals surface area contributed by atoms with Gasteiger partial charge in [-0.2, -0.15) is 0 Å². The Labute approximate surface area is 99.3 Å². The molecule has 2 N–H and O–H groups in total. The van der Waals surface area contributed by atoms with Crippen molar-refractivity contribution in [3.63, 3.8) is 0 Å². The minimum atomic E-state index is -0.195. The number of aromatic nitrogens is 2. The minimum absolute atomic E-state index is 0.00934. The van der Waals surface area contributed by atoms with Gasteiger partial charge in [-0.05, 0) is 19.3 Å². The van der Waals surface area contributed by atoms with Gasteiger partial charge in [-0.25, -0.2) is 4.63 Å². The third-order valence-electron chi connectivity index (χ3n) is 4.18. The van der Waals surface area contributed by atoms with Crippen LogP contribution in [0.2, 0.25) is 0 Å². The van der Waals surface area contributed by atoms with E-state index in [1.54, 1.807) is 6.20 Å². The average Bonchev–Trinajstić information content (AvgIpc) is 2.88. The normalized spacial score (nSPS) is 31.4. The number of rotatable bonds is 3. The summed E-state index contributed by atoms with van der Waals surface area (Å²) >= 11 is 0. The number of aliphatic hydroxyl groups is 1. The highest BCUT2D eigenvalue weighted by molar-refractivity contribution is 5.08. The van der Waals surface area contributed by atoms with E-state index in [0.29, 0.717) is 12.6 Å². The highest BCUT2D eigenvalue weighted by Gasteiger charge is 2.54. The lowest BCUT2D eigenvalue weighted by atomic mass is 9.58. The predicted molar refractivity (Wildman–Crippen MR) is 58.0 cm³/mol. The predicted octanol–water partition coefficient (Wildman–Crippen LogP) is 0.0892. The maximum Gasteiger partial charge on any atom is 0.118 e. The molecule has 0 unspecified atom stereocenters. The smallest absolute Gasteiger partial charge is 0.118 e. The minimum Gasteiger partial charge on any atom is -0.392 e. The molecule has 2 fully saturated rings. The zero-order valence-corrected chi connectivity index (χ0v) is 9.63. The van der Waals surface area contributed by atoms with E-state index in [1.165, 1.54) is 0 Å². The number of ether oxygens (including phenoxy) is 1. The maximum atomic E-state index is 10.0. The molecule has 94 valence electrons. The fourth-order valence-corrected chi connectivity index (χ4v) is 2.97. The molecule has 2 heterocycles. The van der Waals surface area contributed by atoms with Crippen molar-refractivity contribution >= 4 is 0 Å². The van der Waals surface area contributed by atoms with Crippen LogP contribution in [0.5, 0.6) is 0 Å². The molecule has 1 saturated carbocycles. The van der Waals surface area contributed by atoms with Crippen molar-refractivity contribution in [1.29, 1.82) is 0 Å².